The Bertz CT molecular complexity index is 590. The van der Waals surface area contributed by atoms with Gasteiger partial charge in [0.25, 0.3) is 0 Å². The molecule has 0 fully saturated rings. The topological polar surface area (TPSA) is 25.0 Å². The minimum atomic E-state index is 0.595. The first-order valence-corrected chi connectivity index (χ1v) is 5.94. The summed E-state index contributed by atoms with van der Waals surface area (Å²) in [4.78, 5) is 3.16. The molecule has 0 spiro atoms. The molecule has 2 nitrogen and oxygen atoms in total. The summed E-state index contributed by atoms with van der Waals surface area (Å²) in [5.41, 5.74) is 2.30. The number of H-pyrrole nitrogens is 1. The van der Waals surface area contributed by atoms with Crippen molar-refractivity contribution < 1.29 is 4.74 Å². The summed E-state index contributed by atoms with van der Waals surface area (Å²) in [5.74, 6) is 0.891. The second-order valence-electron chi connectivity index (χ2n) is 4.15. The van der Waals surface area contributed by atoms with E-state index >= 15 is 0 Å². The number of allylic oxidation sites excluding steroid dienone is 4. The van der Waals surface area contributed by atoms with Gasteiger partial charge in [-0.15, -0.1) is 0 Å². The van der Waals surface area contributed by atoms with Crippen LogP contribution in [-0.4, -0.2) is 11.6 Å². The van der Waals surface area contributed by atoms with Gasteiger partial charge in [0, 0.05) is 17.1 Å². The summed E-state index contributed by atoms with van der Waals surface area (Å²) in [6, 6.07) is 8.09. The van der Waals surface area contributed by atoms with Gasteiger partial charge in [-0.1, -0.05) is 30.9 Å². The third-order valence-corrected chi connectivity index (χ3v) is 2.62. The predicted molar refractivity (Wildman–Crippen MR) is 76.9 cm³/mol. The van der Waals surface area contributed by atoms with Crippen LogP contribution in [0, 0.1) is 0 Å². The van der Waals surface area contributed by atoms with E-state index in [0.717, 1.165) is 11.3 Å². The van der Waals surface area contributed by atoms with Gasteiger partial charge in [0.1, 0.15) is 12.4 Å². The molecule has 1 aromatic carbocycles. The monoisotopic (exact) mass is 239 g/mol. The fourth-order valence-corrected chi connectivity index (χ4v) is 1.66. The van der Waals surface area contributed by atoms with Crippen LogP contribution in [0.3, 0.4) is 0 Å². The van der Waals surface area contributed by atoms with Crippen LogP contribution in [0.25, 0.3) is 10.9 Å². The molecule has 1 N–H and O–H groups in total. The largest absolute Gasteiger partial charge is 0.489 e. The first kappa shape index (κ1) is 12.2. The molecule has 0 radical (unpaired) electrons. The third kappa shape index (κ3) is 3.14. The van der Waals surface area contributed by atoms with E-state index in [1.165, 1.54) is 11.0 Å². The highest BCUT2D eigenvalue weighted by molar-refractivity contribution is 5.80. The number of nitrogens with one attached hydrogen (secondary N) is 1. The van der Waals surface area contributed by atoms with Gasteiger partial charge in [-0.05, 0) is 36.8 Å². The lowest BCUT2D eigenvalue weighted by molar-refractivity contribution is 0.352. The van der Waals surface area contributed by atoms with Crippen molar-refractivity contribution in [2.24, 2.45) is 0 Å². The van der Waals surface area contributed by atoms with Crippen molar-refractivity contribution >= 4 is 10.9 Å². The predicted octanol–water partition coefficient (Wildman–Crippen LogP) is 4.24. The Labute approximate surface area is 107 Å². The van der Waals surface area contributed by atoms with Crippen molar-refractivity contribution in [3.05, 3.63) is 66.9 Å². The van der Waals surface area contributed by atoms with E-state index in [2.05, 4.69) is 11.6 Å². The Kier molecular flexibility index (Phi) is 4.02. The summed E-state index contributed by atoms with van der Waals surface area (Å²) in [7, 11) is 0. The standard InChI is InChI=1S/C16H17NO/c1-3-4-5-6-13(2)12-18-15-7-8-16-14(11-15)9-10-17-16/h3-11,17H,1,12H2,2H3/b5-4-,13-6+. The smallest absolute Gasteiger partial charge is 0.120 e. The van der Waals surface area contributed by atoms with Gasteiger partial charge in [0.15, 0.2) is 0 Å². The molecule has 0 saturated heterocycles. The Hall–Kier alpha value is -2.22. The van der Waals surface area contributed by atoms with Crippen molar-refractivity contribution in [2.45, 2.75) is 6.92 Å². The van der Waals surface area contributed by atoms with Crippen molar-refractivity contribution in [1.82, 2.24) is 4.98 Å². The summed E-state index contributed by atoms with van der Waals surface area (Å²) in [6.45, 7) is 6.26. The quantitative estimate of drug-likeness (QED) is 0.776. The van der Waals surface area contributed by atoms with Gasteiger partial charge in [-0.3, -0.25) is 0 Å². The minimum Gasteiger partial charge on any atom is -0.489 e. The molecule has 18 heavy (non-hydrogen) atoms. The Morgan fingerprint density at radius 2 is 2.22 bits per heavy atom. The number of aromatic nitrogens is 1. The fourth-order valence-electron chi connectivity index (χ4n) is 1.66. The van der Waals surface area contributed by atoms with Gasteiger partial charge in [-0.2, -0.15) is 0 Å². The van der Waals surface area contributed by atoms with Gasteiger partial charge in [0.2, 0.25) is 0 Å². The molecule has 0 aliphatic rings. The molecular weight excluding hydrogens is 222 g/mol. The normalized spacial score (nSPS) is 12.2. The average molecular weight is 239 g/mol. The molecule has 0 aliphatic heterocycles. The van der Waals surface area contributed by atoms with Crippen molar-refractivity contribution in [1.29, 1.82) is 0 Å². The van der Waals surface area contributed by atoms with E-state index in [4.69, 9.17) is 4.74 Å². The number of fused-ring (bicyclic) bond motifs is 1. The summed E-state index contributed by atoms with van der Waals surface area (Å²) in [5, 5.41) is 1.17. The number of hydrogen-bond donors (Lipinski definition) is 1. The highest BCUT2D eigenvalue weighted by atomic mass is 16.5. The Morgan fingerprint density at radius 1 is 1.33 bits per heavy atom. The number of aromatic amines is 1. The number of benzene rings is 1. The number of hydrogen-bond acceptors (Lipinski definition) is 1. The molecule has 0 aliphatic carbocycles. The Morgan fingerprint density at radius 3 is 3.06 bits per heavy atom. The van der Waals surface area contributed by atoms with Crippen LogP contribution in [0.5, 0.6) is 5.75 Å². The van der Waals surface area contributed by atoms with Crippen molar-refractivity contribution in [3.63, 3.8) is 0 Å². The lowest BCUT2D eigenvalue weighted by Gasteiger charge is -2.06. The zero-order chi connectivity index (χ0) is 12.8. The van der Waals surface area contributed by atoms with Crippen LogP contribution in [-0.2, 0) is 0 Å². The van der Waals surface area contributed by atoms with Crippen molar-refractivity contribution in [3.8, 4) is 5.75 Å². The minimum absolute atomic E-state index is 0.595. The molecule has 0 saturated carbocycles. The maximum atomic E-state index is 5.73. The first-order chi connectivity index (χ1) is 8.79. The zero-order valence-electron chi connectivity index (χ0n) is 10.5. The molecule has 0 bridgehead atoms. The van der Waals surface area contributed by atoms with Gasteiger partial charge in [0.05, 0.1) is 0 Å². The Balaban J connectivity index is 1.99. The number of rotatable bonds is 5. The molecule has 2 aromatic rings. The maximum absolute atomic E-state index is 5.73. The summed E-state index contributed by atoms with van der Waals surface area (Å²) < 4.78 is 5.73. The second-order valence-corrected chi connectivity index (χ2v) is 4.15. The van der Waals surface area contributed by atoms with Gasteiger partial charge < -0.3 is 9.72 Å². The molecule has 1 aromatic heterocycles. The molecule has 0 amide bonds. The molecule has 1 heterocycles. The van der Waals surface area contributed by atoms with Crippen LogP contribution in [0.2, 0.25) is 0 Å². The first-order valence-electron chi connectivity index (χ1n) is 5.94. The lowest BCUT2D eigenvalue weighted by atomic mass is 10.2. The van der Waals surface area contributed by atoms with Gasteiger partial charge >= 0.3 is 0 Å². The fraction of sp³-hybridized carbons (Fsp3) is 0.125. The van der Waals surface area contributed by atoms with Crippen molar-refractivity contribution in [2.75, 3.05) is 6.61 Å². The van der Waals surface area contributed by atoms with Crippen LogP contribution in [0.1, 0.15) is 6.92 Å². The zero-order valence-corrected chi connectivity index (χ0v) is 10.5. The van der Waals surface area contributed by atoms with E-state index in [-0.39, 0.29) is 0 Å². The lowest BCUT2D eigenvalue weighted by Crippen LogP contribution is -1.98. The van der Waals surface area contributed by atoms with Crippen LogP contribution >= 0.6 is 0 Å². The van der Waals surface area contributed by atoms with Gasteiger partial charge in [-0.25, -0.2) is 0 Å². The molecule has 2 heteroatoms. The van der Waals surface area contributed by atoms with E-state index in [1.54, 1.807) is 6.08 Å². The maximum Gasteiger partial charge on any atom is 0.120 e. The molecular formula is C16H17NO. The van der Waals surface area contributed by atoms with Crippen LogP contribution < -0.4 is 4.74 Å². The molecule has 0 unspecified atom stereocenters. The summed E-state index contributed by atoms with van der Waals surface area (Å²) in [6.07, 6.45) is 9.57. The molecule has 92 valence electrons. The van der Waals surface area contributed by atoms with E-state index in [0.29, 0.717) is 6.61 Å². The highest BCUT2D eigenvalue weighted by Crippen LogP contribution is 2.19. The molecule has 0 atom stereocenters. The van der Waals surface area contributed by atoms with E-state index < -0.39 is 0 Å². The average Bonchev–Trinajstić information content (AvgIpc) is 2.84. The third-order valence-electron chi connectivity index (χ3n) is 2.62. The molecule has 2 rings (SSSR count). The van der Waals surface area contributed by atoms with E-state index in [9.17, 15) is 0 Å². The second kappa shape index (κ2) is 5.92. The summed E-state index contributed by atoms with van der Waals surface area (Å²) >= 11 is 0. The van der Waals surface area contributed by atoms with Crippen LogP contribution in [0.15, 0.2) is 66.9 Å². The van der Waals surface area contributed by atoms with Crippen LogP contribution in [0.4, 0.5) is 0 Å². The van der Waals surface area contributed by atoms with E-state index in [1.807, 2.05) is 55.6 Å². The number of ether oxygens (including phenoxy) is 1. The SMILES string of the molecule is C=C/C=C\C=C(/C)COc1ccc2[nH]ccc2c1. The highest BCUT2D eigenvalue weighted by Gasteiger charge is 1.98.